The Bertz CT molecular complexity index is 840. The molecular formula is C21H22O5. The summed E-state index contributed by atoms with van der Waals surface area (Å²) in [6.07, 6.45) is -0.246. The number of ether oxygens (including phenoxy) is 2. The molecule has 0 saturated heterocycles. The van der Waals surface area contributed by atoms with Crippen LogP contribution >= 0.6 is 0 Å². The van der Waals surface area contributed by atoms with Gasteiger partial charge in [0, 0.05) is 0 Å². The number of carbonyl (C=O) groups is 1. The highest BCUT2D eigenvalue weighted by atomic mass is 16.5. The van der Waals surface area contributed by atoms with Crippen molar-refractivity contribution in [2.75, 3.05) is 7.11 Å². The average Bonchev–Trinajstić information content (AvgIpc) is 2.63. The molecule has 0 aliphatic carbocycles. The molecule has 0 amide bonds. The first kappa shape index (κ1) is 18.0. The second-order valence-corrected chi connectivity index (χ2v) is 6.63. The summed E-state index contributed by atoms with van der Waals surface area (Å²) in [5.41, 5.74) is -0.0537. The lowest BCUT2D eigenvalue weighted by Gasteiger charge is -2.40. The van der Waals surface area contributed by atoms with Crippen molar-refractivity contribution in [1.82, 2.24) is 0 Å². The van der Waals surface area contributed by atoms with Crippen molar-refractivity contribution in [3.8, 4) is 17.2 Å². The Labute approximate surface area is 152 Å². The van der Waals surface area contributed by atoms with E-state index in [-0.39, 0.29) is 17.7 Å². The molecule has 0 bridgehead atoms. The third-order valence-electron chi connectivity index (χ3n) is 4.64. The molecule has 2 N–H and O–H groups in total. The Balaban J connectivity index is 2.13. The van der Waals surface area contributed by atoms with Crippen molar-refractivity contribution < 1.29 is 24.5 Å². The molecule has 3 rings (SSSR count). The Morgan fingerprint density at radius 2 is 1.96 bits per heavy atom. The van der Waals surface area contributed by atoms with Crippen molar-refractivity contribution in [1.29, 1.82) is 0 Å². The molecule has 2 aromatic carbocycles. The van der Waals surface area contributed by atoms with Crippen LogP contribution in [0.1, 0.15) is 41.8 Å². The molecular weight excluding hydrogens is 332 g/mol. The molecule has 136 valence electrons. The third kappa shape index (κ3) is 3.06. The predicted octanol–water partition coefficient (Wildman–Crippen LogP) is 3.80. The molecule has 2 atom stereocenters. The van der Waals surface area contributed by atoms with Crippen molar-refractivity contribution >= 4 is 5.78 Å². The maximum absolute atomic E-state index is 13.3. The van der Waals surface area contributed by atoms with Crippen molar-refractivity contribution in [3.63, 3.8) is 0 Å². The number of hydrogen-bond acceptors (Lipinski definition) is 5. The SMILES string of the molecule is C=C(C)CCC1(O)C(=O)c2c(OC)cccc2OC1c1ccc(O)cc1. The lowest BCUT2D eigenvalue weighted by atomic mass is 9.77. The second-order valence-electron chi connectivity index (χ2n) is 6.63. The Morgan fingerprint density at radius 3 is 2.58 bits per heavy atom. The fraction of sp³-hybridized carbons (Fsp3) is 0.286. The van der Waals surface area contributed by atoms with E-state index in [4.69, 9.17) is 9.47 Å². The van der Waals surface area contributed by atoms with Gasteiger partial charge in [0.2, 0.25) is 5.78 Å². The number of methoxy groups -OCH3 is 1. The Kier molecular flexibility index (Phi) is 4.74. The van der Waals surface area contributed by atoms with Crippen molar-refractivity contribution in [2.45, 2.75) is 31.5 Å². The number of aromatic hydroxyl groups is 1. The summed E-state index contributed by atoms with van der Waals surface area (Å²) >= 11 is 0. The molecule has 2 unspecified atom stereocenters. The average molecular weight is 354 g/mol. The van der Waals surface area contributed by atoms with E-state index in [9.17, 15) is 15.0 Å². The molecule has 1 aliphatic rings. The Morgan fingerprint density at radius 1 is 1.27 bits per heavy atom. The molecule has 5 nitrogen and oxygen atoms in total. The number of allylic oxidation sites excluding steroid dienone is 1. The van der Waals surface area contributed by atoms with E-state index in [0.717, 1.165) is 5.57 Å². The topological polar surface area (TPSA) is 76.0 Å². The summed E-state index contributed by atoms with van der Waals surface area (Å²) in [6, 6.07) is 11.4. The van der Waals surface area contributed by atoms with Crippen LogP contribution in [-0.2, 0) is 0 Å². The van der Waals surface area contributed by atoms with Crippen LogP contribution in [0.4, 0.5) is 0 Å². The highest BCUT2D eigenvalue weighted by Crippen LogP contribution is 2.46. The van der Waals surface area contributed by atoms with Crippen LogP contribution in [0.15, 0.2) is 54.6 Å². The van der Waals surface area contributed by atoms with Crippen molar-refractivity contribution in [3.05, 3.63) is 65.7 Å². The number of phenols is 1. The number of fused-ring (bicyclic) bond motifs is 1. The summed E-state index contributed by atoms with van der Waals surface area (Å²) < 4.78 is 11.4. The van der Waals surface area contributed by atoms with Crippen LogP contribution in [0.3, 0.4) is 0 Å². The maximum atomic E-state index is 13.3. The minimum atomic E-state index is -1.77. The van der Waals surface area contributed by atoms with E-state index in [2.05, 4.69) is 6.58 Å². The number of phenolic OH excluding ortho intramolecular Hbond substituents is 1. The number of carbonyl (C=O) groups excluding carboxylic acids is 1. The highest BCUT2D eigenvalue weighted by molar-refractivity contribution is 6.08. The van der Waals surface area contributed by atoms with E-state index in [0.29, 0.717) is 23.5 Å². The number of Topliss-reactive ketones (excluding diaryl/α,β-unsaturated/α-hetero) is 1. The molecule has 1 heterocycles. The van der Waals surface area contributed by atoms with Gasteiger partial charge in [-0.1, -0.05) is 23.8 Å². The van der Waals surface area contributed by atoms with Crippen molar-refractivity contribution in [2.24, 2.45) is 0 Å². The molecule has 0 radical (unpaired) electrons. The standard InChI is InChI=1S/C21H22O5/c1-13(2)11-12-21(24)19(23)18-16(25-3)5-4-6-17(18)26-20(21)14-7-9-15(22)10-8-14/h4-10,20,22,24H,1,11-12H2,2-3H3. The van der Waals surface area contributed by atoms with Gasteiger partial charge in [0.1, 0.15) is 22.8 Å². The first-order valence-electron chi connectivity index (χ1n) is 8.41. The molecule has 5 heteroatoms. The van der Waals surface area contributed by atoms with Crippen LogP contribution < -0.4 is 9.47 Å². The Hall–Kier alpha value is -2.79. The monoisotopic (exact) mass is 354 g/mol. The van der Waals surface area contributed by atoms with Crippen LogP contribution in [0.5, 0.6) is 17.2 Å². The predicted molar refractivity (Wildman–Crippen MR) is 97.8 cm³/mol. The minimum Gasteiger partial charge on any atom is -0.508 e. The second kappa shape index (κ2) is 6.84. The lowest BCUT2D eigenvalue weighted by Crippen LogP contribution is -2.50. The molecule has 0 fully saturated rings. The zero-order chi connectivity index (χ0) is 18.9. The van der Waals surface area contributed by atoms with E-state index < -0.39 is 17.5 Å². The van der Waals surface area contributed by atoms with Gasteiger partial charge in [0.15, 0.2) is 11.7 Å². The van der Waals surface area contributed by atoms with E-state index in [1.165, 1.54) is 19.2 Å². The fourth-order valence-corrected chi connectivity index (χ4v) is 3.20. The smallest absolute Gasteiger partial charge is 0.206 e. The van der Waals surface area contributed by atoms with Gasteiger partial charge < -0.3 is 19.7 Å². The molecule has 0 saturated carbocycles. The summed E-state index contributed by atoms with van der Waals surface area (Å²) in [5.74, 6) is 0.400. The molecule has 2 aromatic rings. The summed E-state index contributed by atoms with van der Waals surface area (Å²) in [5, 5.41) is 20.9. The van der Waals surface area contributed by atoms with Gasteiger partial charge in [0.05, 0.1) is 7.11 Å². The van der Waals surface area contributed by atoms with E-state index in [1.54, 1.807) is 30.3 Å². The lowest BCUT2D eigenvalue weighted by molar-refractivity contribution is -0.0539. The zero-order valence-electron chi connectivity index (χ0n) is 14.9. The fourth-order valence-electron chi connectivity index (χ4n) is 3.20. The summed E-state index contributed by atoms with van der Waals surface area (Å²) in [7, 11) is 1.47. The van der Waals surface area contributed by atoms with Gasteiger partial charge in [-0.2, -0.15) is 0 Å². The van der Waals surface area contributed by atoms with Gasteiger partial charge in [-0.25, -0.2) is 0 Å². The number of rotatable bonds is 5. The van der Waals surface area contributed by atoms with E-state index >= 15 is 0 Å². The van der Waals surface area contributed by atoms with Gasteiger partial charge >= 0.3 is 0 Å². The number of benzene rings is 2. The van der Waals surface area contributed by atoms with Crippen LogP contribution in [-0.4, -0.2) is 28.7 Å². The first-order chi connectivity index (χ1) is 12.4. The molecule has 0 spiro atoms. The quantitative estimate of drug-likeness (QED) is 0.799. The molecule has 26 heavy (non-hydrogen) atoms. The number of ketones is 1. The summed E-state index contributed by atoms with van der Waals surface area (Å²) in [4.78, 5) is 13.3. The van der Waals surface area contributed by atoms with Crippen LogP contribution in [0.25, 0.3) is 0 Å². The van der Waals surface area contributed by atoms with E-state index in [1.807, 2.05) is 6.92 Å². The van der Waals surface area contributed by atoms with Gasteiger partial charge in [-0.05, 0) is 49.6 Å². The van der Waals surface area contributed by atoms with Crippen LogP contribution in [0, 0.1) is 0 Å². The molecule has 1 aliphatic heterocycles. The number of aliphatic hydroxyl groups is 1. The normalized spacial score (nSPS) is 21.7. The molecule has 0 aromatic heterocycles. The van der Waals surface area contributed by atoms with Crippen LogP contribution in [0.2, 0.25) is 0 Å². The largest absolute Gasteiger partial charge is 0.508 e. The van der Waals surface area contributed by atoms with Gasteiger partial charge in [-0.15, -0.1) is 6.58 Å². The van der Waals surface area contributed by atoms with Gasteiger partial charge in [0.25, 0.3) is 0 Å². The zero-order valence-corrected chi connectivity index (χ0v) is 14.9. The minimum absolute atomic E-state index is 0.100. The summed E-state index contributed by atoms with van der Waals surface area (Å²) in [6.45, 7) is 5.71. The van der Waals surface area contributed by atoms with Gasteiger partial charge in [-0.3, -0.25) is 4.79 Å². The maximum Gasteiger partial charge on any atom is 0.206 e. The first-order valence-corrected chi connectivity index (χ1v) is 8.41. The highest BCUT2D eigenvalue weighted by Gasteiger charge is 2.51. The third-order valence-corrected chi connectivity index (χ3v) is 4.64. The number of hydrogen-bond donors (Lipinski definition) is 2.